The SMILES string of the molecule is C#CCCc1cc(C)c(C)cc1O. The Morgan fingerprint density at radius 3 is 2.54 bits per heavy atom. The van der Waals surface area contributed by atoms with Gasteiger partial charge < -0.3 is 5.11 Å². The van der Waals surface area contributed by atoms with Crippen LogP contribution in [0.1, 0.15) is 23.1 Å². The van der Waals surface area contributed by atoms with Crippen LogP contribution in [-0.2, 0) is 6.42 Å². The Morgan fingerprint density at radius 1 is 1.31 bits per heavy atom. The molecule has 0 saturated heterocycles. The number of rotatable bonds is 2. The van der Waals surface area contributed by atoms with Crippen molar-refractivity contribution < 1.29 is 5.11 Å². The maximum absolute atomic E-state index is 9.57. The van der Waals surface area contributed by atoms with Gasteiger partial charge in [0.15, 0.2) is 0 Å². The molecule has 0 aromatic heterocycles. The molecule has 1 nitrogen and oxygen atoms in total. The number of hydrogen-bond donors (Lipinski definition) is 1. The molecule has 0 saturated carbocycles. The number of hydrogen-bond acceptors (Lipinski definition) is 1. The number of phenolic OH excluding ortho intramolecular Hbond substituents is 1. The van der Waals surface area contributed by atoms with Gasteiger partial charge in [-0.3, -0.25) is 0 Å². The zero-order valence-electron chi connectivity index (χ0n) is 8.09. The van der Waals surface area contributed by atoms with Crippen LogP contribution in [0.3, 0.4) is 0 Å². The maximum Gasteiger partial charge on any atom is 0.119 e. The predicted octanol–water partition coefficient (Wildman–Crippen LogP) is 2.57. The molecule has 1 rings (SSSR count). The molecule has 68 valence electrons. The molecule has 0 fully saturated rings. The summed E-state index contributed by atoms with van der Waals surface area (Å²) in [5.74, 6) is 2.93. The van der Waals surface area contributed by atoms with E-state index in [2.05, 4.69) is 5.92 Å². The maximum atomic E-state index is 9.57. The van der Waals surface area contributed by atoms with E-state index in [1.807, 2.05) is 19.9 Å². The van der Waals surface area contributed by atoms with E-state index < -0.39 is 0 Å². The van der Waals surface area contributed by atoms with Crippen molar-refractivity contribution in [3.8, 4) is 18.1 Å². The van der Waals surface area contributed by atoms with Crippen LogP contribution in [0, 0.1) is 26.2 Å². The molecule has 0 aliphatic heterocycles. The summed E-state index contributed by atoms with van der Waals surface area (Å²) in [7, 11) is 0. The number of aromatic hydroxyl groups is 1. The van der Waals surface area contributed by atoms with E-state index in [9.17, 15) is 5.11 Å². The molecule has 0 unspecified atom stereocenters. The van der Waals surface area contributed by atoms with Gasteiger partial charge in [0.2, 0.25) is 0 Å². The number of aryl methyl sites for hydroxylation is 3. The van der Waals surface area contributed by atoms with E-state index in [-0.39, 0.29) is 0 Å². The summed E-state index contributed by atoms with van der Waals surface area (Å²) in [5, 5.41) is 9.57. The molecule has 13 heavy (non-hydrogen) atoms. The topological polar surface area (TPSA) is 20.2 Å². The van der Waals surface area contributed by atoms with Crippen molar-refractivity contribution >= 4 is 0 Å². The third kappa shape index (κ3) is 2.26. The van der Waals surface area contributed by atoms with Crippen LogP contribution in [0.4, 0.5) is 0 Å². The molecular formula is C12H14O. The lowest BCUT2D eigenvalue weighted by Crippen LogP contribution is -1.89. The van der Waals surface area contributed by atoms with Crippen LogP contribution in [-0.4, -0.2) is 5.11 Å². The van der Waals surface area contributed by atoms with E-state index in [0.717, 1.165) is 17.5 Å². The summed E-state index contributed by atoms with van der Waals surface area (Å²) in [5.41, 5.74) is 3.26. The molecule has 0 aliphatic carbocycles. The normalized spacial score (nSPS) is 9.62. The number of phenols is 1. The van der Waals surface area contributed by atoms with Gasteiger partial charge >= 0.3 is 0 Å². The second-order valence-electron chi connectivity index (χ2n) is 3.27. The summed E-state index contributed by atoms with van der Waals surface area (Å²) in [6, 6.07) is 3.79. The smallest absolute Gasteiger partial charge is 0.119 e. The Bertz CT molecular complexity index is 345. The summed E-state index contributed by atoms with van der Waals surface area (Å²) in [6.07, 6.45) is 6.59. The molecule has 1 heteroatoms. The predicted molar refractivity (Wildman–Crippen MR) is 54.7 cm³/mol. The highest BCUT2D eigenvalue weighted by atomic mass is 16.3. The molecule has 0 bridgehead atoms. The second kappa shape index (κ2) is 4.00. The first kappa shape index (κ1) is 9.67. The molecule has 0 atom stereocenters. The van der Waals surface area contributed by atoms with Gasteiger partial charge in [-0.1, -0.05) is 6.07 Å². The van der Waals surface area contributed by atoms with E-state index >= 15 is 0 Å². The van der Waals surface area contributed by atoms with Crippen molar-refractivity contribution in [2.24, 2.45) is 0 Å². The highest BCUT2D eigenvalue weighted by molar-refractivity contribution is 5.41. The molecule has 0 aliphatic rings. The average Bonchev–Trinajstić information content (AvgIpc) is 2.09. The lowest BCUT2D eigenvalue weighted by Gasteiger charge is -2.06. The van der Waals surface area contributed by atoms with Crippen molar-refractivity contribution in [2.45, 2.75) is 26.7 Å². The summed E-state index contributed by atoms with van der Waals surface area (Å²) < 4.78 is 0. The van der Waals surface area contributed by atoms with Crippen molar-refractivity contribution in [3.63, 3.8) is 0 Å². The third-order valence-corrected chi connectivity index (χ3v) is 2.23. The Morgan fingerprint density at radius 2 is 1.92 bits per heavy atom. The standard InChI is InChI=1S/C12H14O/c1-4-5-6-11-7-9(2)10(3)8-12(11)13/h1,7-8,13H,5-6H2,2-3H3. The molecule has 1 N–H and O–H groups in total. The lowest BCUT2D eigenvalue weighted by molar-refractivity contribution is 0.467. The van der Waals surface area contributed by atoms with Gasteiger partial charge in [-0.15, -0.1) is 12.3 Å². The fraction of sp³-hybridized carbons (Fsp3) is 0.333. The molecule has 0 heterocycles. The van der Waals surface area contributed by atoms with Crippen LogP contribution in [0.2, 0.25) is 0 Å². The summed E-state index contributed by atoms with van der Waals surface area (Å²) in [6.45, 7) is 4.02. The minimum atomic E-state index is 0.360. The van der Waals surface area contributed by atoms with E-state index in [1.54, 1.807) is 6.07 Å². The van der Waals surface area contributed by atoms with Gasteiger partial charge in [0, 0.05) is 6.42 Å². The van der Waals surface area contributed by atoms with Gasteiger partial charge in [0.1, 0.15) is 5.75 Å². The molecule has 0 amide bonds. The average molecular weight is 174 g/mol. The first-order chi connectivity index (χ1) is 6.15. The number of benzene rings is 1. The quantitative estimate of drug-likeness (QED) is 0.683. The van der Waals surface area contributed by atoms with Crippen molar-refractivity contribution in [1.29, 1.82) is 0 Å². The summed E-state index contributed by atoms with van der Waals surface area (Å²) >= 11 is 0. The minimum Gasteiger partial charge on any atom is -0.508 e. The third-order valence-electron chi connectivity index (χ3n) is 2.23. The highest BCUT2D eigenvalue weighted by Crippen LogP contribution is 2.22. The van der Waals surface area contributed by atoms with Crippen LogP contribution < -0.4 is 0 Å². The lowest BCUT2D eigenvalue weighted by atomic mass is 10.0. The molecule has 0 spiro atoms. The van der Waals surface area contributed by atoms with Crippen molar-refractivity contribution in [3.05, 3.63) is 28.8 Å². The van der Waals surface area contributed by atoms with Gasteiger partial charge in [-0.2, -0.15) is 0 Å². The zero-order chi connectivity index (χ0) is 9.84. The fourth-order valence-corrected chi connectivity index (χ4v) is 1.27. The Balaban J connectivity index is 2.96. The molecule has 1 aromatic carbocycles. The van der Waals surface area contributed by atoms with E-state index in [0.29, 0.717) is 12.2 Å². The van der Waals surface area contributed by atoms with Gasteiger partial charge in [0.05, 0.1) is 0 Å². The summed E-state index contributed by atoms with van der Waals surface area (Å²) in [4.78, 5) is 0. The van der Waals surface area contributed by atoms with Crippen molar-refractivity contribution in [1.82, 2.24) is 0 Å². The Kier molecular flexibility index (Phi) is 2.97. The molecular weight excluding hydrogens is 160 g/mol. The van der Waals surface area contributed by atoms with E-state index in [1.165, 1.54) is 5.56 Å². The van der Waals surface area contributed by atoms with Crippen LogP contribution in [0.5, 0.6) is 5.75 Å². The van der Waals surface area contributed by atoms with Crippen LogP contribution in [0.15, 0.2) is 12.1 Å². The van der Waals surface area contributed by atoms with Crippen LogP contribution >= 0.6 is 0 Å². The first-order valence-electron chi connectivity index (χ1n) is 4.37. The zero-order valence-corrected chi connectivity index (χ0v) is 8.09. The van der Waals surface area contributed by atoms with Crippen molar-refractivity contribution in [2.75, 3.05) is 0 Å². The molecule has 1 aromatic rings. The number of terminal acetylenes is 1. The van der Waals surface area contributed by atoms with Crippen LogP contribution in [0.25, 0.3) is 0 Å². The van der Waals surface area contributed by atoms with Gasteiger partial charge in [0.25, 0.3) is 0 Å². The van der Waals surface area contributed by atoms with Gasteiger partial charge in [-0.05, 0) is 43.0 Å². The van der Waals surface area contributed by atoms with Gasteiger partial charge in [-0.25, -0.2) is 0 Å². The molecule has 0 radical (unpaired) electrons. The van der Waals surface area contributed by atoms with E-state index in [4.69, 9.17) is 6.42 Å². The Labute approximate surface area is 79.4 Å². The Hall–Kier alpha value is -1.42. The monoisotopic (exact) mass is 174 g/mol. The minimum absolute atomic E-state index is 0.360. The first-order valence-corrected chi connectivity index (χ1v) is 4.37. The second-order valence-corrected chi connectivity index (χ2v) is 3.27. The fourth-order valence-electron chi connectivity index (χ4n) is 1.27. The highest BCUT2D eigenvalue weighted by Gasteiger charge is 2.02. The largest absolute Gasteiger partial charge is 0.508 e.